The zero-order chi connectivity index (χ0) is 29.8. The summed E-state index contributed by atoms with van der Waals surface area (Å²) < 4.78 is 83.9. The van der Waals surface area contributed by atoms with E-state index < -0.39 is 29.4 Å². The number of alkyl halides is 6. The molecule has 2 atom stereocenters. The summed E-state index contributed by atoms with van der Waals surface area (Å²) in [4.78, 5) is -0.0387. The molecule has 216 valence electrons. The van der Waals surface area contributed by atoms with Gasteiger partial charge in [-0.15, -0.1) is 0 Å². The lowest BCUT2D eigenvalue weighted by Gasteiger charge is -2.23. The molecule has 0 saturated heterocycles. The van der Waals surface area contributed by atoms with Gasteiger partial charge in [-0.3, -0.25) is 0 Å². The maximum absolute atomic E-state index is 13.1. The van der Waals surface area contributed by atoms with Gasteiger partial charge < -0.3 is 15.2 Å². The molecule has 0 saturated carbocycles. The average Bonchev–Trinajstić information content (AvgIpc) is 2.90. The predicted molar refractivity (Wildman–Crippen MR) is 148 cm³/mol. The molecule has 0 aliphatic heterocycles. The molecular formula is C29H21Cl2F6NO2S. The van der Waals surface area contributed by atoms with Gasteiger partial charge in [0.2, 0.25) is 0 Å². The van der Waals surface area contributed by atoms with E-state index in [1.165, 1.54) is 30.3 Å². The Morgan fingerprint density at radius 2 is 1.41 bits per heavy atom. The molecule has 4 aromatic carbocycles. The summed E-state index contributed by atoms with van der Waals surface area (Å²) in [5, 5.41) is 14.3. The Balaban J connectivity index is 1.63. The van der Waals surface area contributed by atoms with Crippen LogP contribution in [0.4, 0.5) is 26.3 Å². The molecular weight excluding hydrogens is 611 g/mol. The molecule has 0 fully saturated rings. The molecule has 0 aliphatic rings. The van der Waals surface area contributed by atoms with Crippen molar-refractivity contribution in [2.45, 2.75) is 28.7 Å². The number of ether oxygens (including phenoxy) is 1. The van der Waals surface area contributed by atoms with E-state index in [2.05, 4.69) is 5.32 Å². The molecule has 4 aromatic rings. The standard InChI is InChI=1S/C29H21Cl2F6NO2S/c30-23-8-3-9-25(26(23)31)40-21-6-1-4-18(14-21)27(19-5-2-7-22(15-19)41-29(35,36)37)38-16-24(39)17-10-12-20(13-11-17)28(32,33)34/h1-15,24,27,38-39H,16H2. The molecule has 3 nitrogen and oxygen atoms in total. The van der Waals surface area contributed by atoms with Gasteiger partial charge in [-0.05, 0) is 77.0 Å². The third kappa shape index (κ3) is 8.56. The van der Waals surface area contributed by atoms with Crippen LogP contribution in [0.5, 0.6) is 11.5 Å². The van der Waals surface area contributed by atoms with Crippen LogP contribution in [0, 0.1) is 0 Å². The summed E-state index contributed by atoms with van der Waals surface area (Å²) in [5.74, 6) is 0.657. The summed E-state index contributed by atoms with van der Waals surface area (Å²) in [6, 6.07) is 20.8. The first kappa shape index (κ1) is 31.1. The molecule has 0 bridgehead atoms. The highest BCUT2D eigenvalue weighted by Gasteiger charge is 2.31. The summed E-state index contributed by atoms with van der Waals surface area (Å²) in [6.45, 7) is -0.127. The number of aliphatic hydroxyl groups excluding tert-OH is 1. The number of thioether (sulfide) groups is 1. The van der Waals surface area contributed by atoms with Crippen LogP contribution in [0.15, 0.2) is 95.9 Å². The fourth-order valence-corrected chi connectivity index (χ4v) is 4.95. The van der Waals surface area contributed by atoms with Crippen molar-refractivity contribution in [1.29, 1.82) is 0 Å². The maximum Gasteiger partial charge on any atom is 0.446 e. The maximum atomic E-state index is 13.1. The molecule has 0 amide bonds. The Labute approximate surface area is 246 Å². The van der Waals surface area contributed by atoms with Crippen molar-refractivity contribution in [3.8, 4) is 11.5 Å². The van der Waals surface area contributed by atoms with Crippen molar-refractivity contribution >= 4 is 35.0 Å². The van der Waals surface area contributed by atoms with E-state index in [1.807, 2.05) is 0 Å². The first-order chi connectivity index (χ1) is 19.3. The first-order valence-corrected chi connectivity index (χ1v) is 13.5. The average molecular weight is 632 g/mol. The number of nitrogens with one attached hydrogen (secondary N) is 1. The Morgan fingerprint density at radius 1 is 0.780 bits per heavy atom. The van der Waals surface area contributed by atoms with Crippen molar-refractivity contribution in [3.05, 3.63) is 123 Å². The van der Waals surface area contributed by atoms with Crippen LogP contribution < -0.4 is 10.1 Å². The lowest BCUT2D eigenvalue weighted by Crippen LogP contribution is -2.27. The van der Waals surface area contributed by atoms with Crippen LogP contribution in [-0.4, -0.2) is 17.2 Å². The van der Waals surface area contributed by atoms with Crippen LogP contribution in [0.2, 0.25) is 10.0 Å². The quantitative estimate of drug-likeness (QED) is 0.142. The van der Waals surface area contributed by atoms with Crippen LogP contribution in [0.1, 0.15) is 34.4 Å². The minimum atomic E-state index is -4.52. The number of rotatable bonds is 9. The molecule has 0 radical (unpaired) electrons. The SMILES string of the molecule is OC(CNC(c1cccc(Oc2cccc(Cl)c2Cl)c1)c1cccc(SC(F)(F)F)c1)c1ccc(C(F)(F)F)cc1. The fraction of sp³-hybridized carbons (Fsp3) is 0.172. The summed E-state index contributed by atoms with van der Waals surface area (Å²) >= 11 is 12.0. The van der Waals surface area contributed by atoms with Crippen LogP contribution in [0.25, 0.3) is 0 Å². The van der Waals surface area contributed by atoms with Crippen molar-refractivity contribution in [3.63, 3.8) is 0 Å². The van der Waals surface area contributed by atoms with Gasteiger partial charge in [0.1, 0.15) is 16.5 Å². The van der Waals surface area contributed by atoms with Gasteiger partial charge >= 0.3 is 11.7 Å². The van der Waals surface area contributed by atoms with Gasteiger partial charge in [-0.1, -0.05) is 65.7 Å². The van der Waals surface area contributed by atoms with E-state index in [0.717, 1.165) is 12.1 Å². The minimum absolute atomic E-state index is 0.0387. The fourth-order valence-electron chi connectivity index (χ4n) is 4.01. The molecule has 0 aromatic heterocycles. The highest BCUT2D eigenvalue weighted by Crippen LogP contribution is 2.39. The first-order valence-electron chi connectivity index (χ1n) is 12.0. The number of benzene rings is 4. The Bertz CT molecular complexity index is 1480. The number of hydrogen-bond acceptors (Lipinski definition) is 4. The van der Waals surface area contributed by atoms with Crippen molar-refractivity contribution < 1.29 is 36.2 Å². The van der Waals surface area contributed by atoms with Crippen LogP contribution in [-0.2, 0) is 6.18 Å². The monoisotopic (exact) mass is 631 g/mol. The van der Waals surface area contributed by atoms with Crippen molar-refractivity contribution in [2.24, 2.45) is 0 Å². The predicted octanol–water partition coefficient (Wildman–Crippen LogP) is 9.83. The van der Waals surface area contributed by atoms with E-state index in [0.29, 0.717) is 22.6 Å². The Hall–Kier alpha value is -2.89. The molecule has 0 heterocycles. The molecule has 41 heavy (non-hydrogen) atoms. The van der Waals surface area contributed by atoms with E-state index in [1.54, 1.807) is 48.5 Å². The third-order valence-corrected chi connectivity index (χ3v) is 7.42. The van der Waals surface area contributed by atoms with Gasteiger partial charge in [0, 0.05) is 11.4 Å². The van der Waals surface area contributed by atoms with Gasteiger partial charge in [0.25, 0.3) is 0 Å². The number of halogens is 8. The van der Waals surface area contributed by atoms with Gasteiger partial charge in [-0.25, -0.2) is 0 Å². The molecule has 12 heteroatoms. The highest BCUT2D eigenvalue weighted by molar-refractivity contribution is 8.00. The smallest absolute Gasteiger partial charge is 0.446 e. The third-order valence-electron chi connectivity index (χ3n) is 5.90. The number of hydrogen-bond donors (Lipinski definition) is 2. The lowest BCUT2D eigenvalue weighted by molar-refractivity contribution is -0.137. The van der Waals surface area contributed by atoms with E-state index >= 15 is 0 Å². The lowest BCUT2D eigenvalue weighted by atomic mass is 9.97. The van der Waals surface area contributed by atoms with Crippen LogP contribution >= 0.6 is 35.0 Å². The van der Waals surface area contributed by atoms with Crippen molar-refractivity contribution in [1.82, 2.24) is 5.32 Å². The Kier molecular flexibility index (Phi) is 9.81. The number of aliphatic hydroxyl groups is 1. The molecule has 2 N–H and O–H groups in total. The van der Waals surface area contributed by atoms with E-state index in [4.69, 9.17) is 27.9 Å². The Morgan fingerprint density at radius 3 is 2.07 bits per heavy atom. The summed E-state index contributed by atoms with van der Waals surface area (Å²) in [5.41, 5.74) is -4.08. The molecule has 4 rings (SSSR count). The minimum Gasteiger partial charge on any atom is -0.456 e. The zero-order valence-electron chi connectivity index (χ0n) is 20.8. The zero-order valence-corrected chi connectivity index (χ0v) is 23.1. The molecule has 0 aliphatic carbocycles. The second-order valence-electron chi connectivity index (χ2n) is 8.82. The van der Waals surface area contributed by atoms with E-state index in [-0.39, 0.29) is 38.8 Å². The summed E-state index contributed by atoms with van der Waals surface area (Å²) in [7, 11) is 0. The topological polar surface area (TPSA) is 41.5 Å². The van der Waals surface area contributed by atoms with Crippen molar-refractivity contribution in [2.75, 3.05) is 6.54 Å². The second kappa shape index (κ2) is 13.0. The normalized spacial score (nSPS) is 13.6. The highest BCUT2D eigenvalue weighted by atomic mass is 35.5. The second-order valence-corrected chi connectivity index (χ2v) is 10.7. The molecule has 0 spiro atoms. The largest absolute Gasteiger partial charge is 0.456 e. The van der Waals surface area contributed by atoms with Gasteiger partial charge in [-0.2, -0.15) is 26.3 Å². The van der Waals surface area contributed by atoms with E-state index in [9.17, 15) is 31.4 Å². The van der Waals surface area contributed by atoms with Crippen LogP contribution in [0.3, 0.4) is 0 Å². The summed E-state index contributed by atoms with van der Waals surface area (Å²) in [6.07, 6.45) is -5.73. The van der Waals surface area contributed by atoms with Gasteiger partial charge in [0.05, 0.1) is 22.7 Å². The molecule has 2 unspecified atom stereocenters. The van der Waals surface area contributed by atoms with Gasteiger partial charge in [0.15, 0.2) is 0 Å².